The summed E-state index contributed by atoms with van der Waals surface area (Å²) in [6.45, 7) is 1.39. The van der Waals surface area contributed by atoms with E-state index in [0.29, 0.717) is 5.56 Å². The van der Waals surface area contributed by atoms with Crippen molar-refractivity contribution < 1.29 is 9.21 Å². The number of rotatable bonds is 3. The Morgan fingerprint density at radius 2 is 1.96 bits per heavy atom. The highest BCUT2D eigenvalue weighted by Gasteiger charge is 2.20. The summed E-state index contributed by atoms with van der Waals surface area (Å²) < 4.78 is 6.39. The van der Waals surface area contributed by atoms with Crippen molar-refractivity contribution in [3.63, 3.8) is 0 Å². The van der Waals surface area contributed by atoms with Crippen LogP contribution in [0.5, 0.6) is 0 Å². The number of hydrogen-bond donors (Lipinski definition) is 0. The van der Waals surface area contributed by atoms with Crippen LogP contribution in [0.3, 0.4) is 0 Å². The Kier molecular flexibility index (Phi) is 4.05. The summed E-state index contributed by atoms with van der Waals surface area (Å²) in [5.74, 6) is -0.516. The molecule has 3 aromatic rings. The van der Waals surface area contributed by atoms with Crippen LogP contribution in [0.2, 0.25) is 0 Å². The first kappa shape index (κ1) is 15.6. The fraction of sp³-hybridized carbons (Fsp3) is 0.333. The molecule has 1 aromatic carbocycles. The average Bonchev–Trinajstić information content (AvgIpc) is 3.02. The van der Waals surface area contributed by atoms with Crippen molar-refractivity contribution in [2.75, 3.05) is 13.1 Å². The largest absolute Gasteiger partial charge is 0.437 e. The number of amides is 1. The topological polar surface area (TPSA) is 81.2 Å². The molecule has 7 nitrogen and oxygen atoms in total. The molecule has 0 spiro atoms. The van der Waals surface area contributed by atoms with Crippen molar-refractivity contribution in [2.45, 2.75) is 25.8 Å². The average molecular weight is 338 g/mol. The Balaban J connectivity index is 1.64. The monoisotopic (exact) mass is 338 g/mol. The van der Waals surface area contributed by atoms with Crippen molar-refractivity contribution in [1.29, 1.82) is 0 Å². The lowest BCUT2D eigenvalue weighted by Gasteiger charge is -2.26. The van der Waals surface area contributed by atoms with Crippen molar-refractivity contribution in [1.82, 2.24) is 19.7 Å². The van der Waals surface area contributed by atoms with Crippen LogP contribution in [0.15, 0.2) is 45.7 Å². The molecule has 0 unspecified atom stereocenters. The molecule has 0 aliphatic carbocycles. The van der Waals surface area contributed by atoms with Crippen molar-refractivity contribution in [3.05, 3.63) is 47.1 Å². The smallest absolute Gasteiger partial charge is 0.388 e. The first-order chi connectivity index (χ1) is 12.2. The molecular weight excluding hydrogens is 320 g/mol. The van der Waals surface area contributed by atoms with Gasteiger partial charge in [0.1, 0.15) is 6.54 Å². The molecule has 4 rings (SSSR count). The van der Waals surface area contributed by atoms with Crippen molar-refractivity contribution >= 4 is 16.8 Å². The summed E-state index contributed by atoms with van der Waals surface area (Å²) in [6.07, 6.45) is 4.87. The minimum atomic E-state index is -0.624. The Morgan fingerprint density at radius 1 is 1.12 bits per heavy atom. The first-order valence-corrected chi connectivity index (χ1v) is 8.42. The summed E-state index contributed by atoms with van der Waals surface area (Å²) in [4.78, 5) is 30.5. The summed E-state index contributed by atoms with van der Waals surface area (Å²) in [5, 5.41) is 5.08. The SMILES string of the molecule is O=C(Cn1nc(-c2cccc3ncccc23)oc1=O)N1CCCCC1. The van der Waals surface area contributed by atoms with Crippen LogP contribution in [0.25, 0.3) is 22.4 Å². The van der Waals surface area contributed by atoms with Crippen LogP contribution in [0.4, 0.5) is 0 Å². The minimum absolute atomic E-state index is 0.0919. The van der Waals surface area contributed by atoms with Gasteiger partial charge in [-0.15, -0.1) is 5.10 Å². The maximum atomic E-state index is 12.4. The van der Waals surface area contributed by atoms with Gasteiger partial charge in [0.2, 0.25) is 11.8 Å². The second-order valence-corrected chi connectivity index (χ2v) is 6.15. The lowest BCUT2D eigenvalue weighted by Crippen LogP contribution is -2.39. The number of pyridine rings is 1. The van der Waals surface area contributed by atoms with Crippen LogP contribution in [0.1, 0.15) is 19.3 Å². The number of nitrogens with zero attached hydrogens (tertiary/aromatic N) is 4. The maximum Gasteiger partial charge on any atom is 0.437 e. The summed E-state index contributed by atoms with van der Waals surface area (Å²) in [7, 11) is 0. The molecular formula is C18H18N4O3. The zero-order chi connectivity index (χ0) is 17.2. The molecule has 0 N–H and O–H groups in total. The number of piperidine rings is 1. The Hall–Kier alpha value is -2.96. The van der Waals surface area contributed by atoms with Gasteiger partial charge in [0.15, 0.2) is 0 Å². The van der Waals surface area contributed by atoms with Crippen LogP contribution in [0, 0.1) is 0 Å². The molecule has 0 atom stereocenters. The molecule has 1 saturated heterocycles. The molecule has 0 radical (unpaired) electrons. The third-order valence-electron chi connectivity index (χ3n) is 4.48. The van der Waals surface area contributed by atoms with Gasteiger partial charge in [-0.05, 0) is 37.5 Å². The van der Waals surface area contributed by atoms with Gasteiger partial charge in [-0.3, -0.25) is 9.78 Å². The molecule has 25 heavy (non-hydrogen) atoms. The van der Waals surface area contributed by atoms with Crippen LogP contribution >= 0.6 is 0 Å². The highest BCUT2D eigenvalue weighted by Crippen LogP contribution is 2.25. The number of likely N-dealkylation sites (tertiary alicyclic amines) is 1. The van der Waals surface area contributed by atoms with Gasteiger partial charge >= 0.3 is 5.76 Å². The standard InChI is InChI=1S/C18H18N4O3/c23-16(21-10-2-1-3-11-21)12-22-18(24)25-17(20-22)14-6-4-8-15-13(14)7-5-9-19-15/h4-9H,1-3,10-12H2. The van der Waals surface area contributed by atoms with Gasteiger partial charge in [0.05, 0.1) is 5.52 Å². The van der Waals surface area contributed by atoms with Crippen LogP contribution in [-0.2, 0) is 11.3 Å². The Bertz CT molecular complexity index is 964. The number of aromatic nitrogens is 3. The summed E-state index contributed by atoms with van der Waals surface area (Å²) >= 11 is 0. The number of carbonyl (C=O) groups is 1. The molecule has 7 heteroatoms. The zero-order valence-electron chi connectivity index (χ0n) is 13.7. The van der Waals surface area contributed by atoms with E-state index in [-0.39, 0.29) is 18.3 Å². The minimum Gasteiger partial charge on any atom is -0.388 e. The molecule has 0 bridgehead atoms. The van der Waals surface area contributed by atoms with E-state index in [0.717, 1.165) is 47.9 Å². The van der Waals surface area contributed by atoms with E-state index in [1.54, 1.807) is 11.1 Å². The van der Waals surface area contributed by atoms with Crippen molar-refractivity contribution in [2.24, 2.45) is 0 Å². The van der Waals surface area contributed by atoms with Gasteiger partial charge in [0, 0.05) is 30.2 Å². The first-order valence-electron chi connectivity index (χ1n) is 8.42. The third-order valence-corrected chi connectivity index (χ3v) is 4.48. The quantitative estimate of drug-likeness (QED) is 0.730. The van der Waals surface area contributed by atoms with Gasteiger partial charge < -0.3 is 9.32 Å². The Labute approximate surface area is 143 Å². The van der Waals surface area contributed by atoms with E-state index in [4.69, 9.17) is 4.42 Å². The molecule has 1 fully saturated rings. The summed E-state index contributed by atoms with van der Waals surface area (Å²) in [6, 6.07) is 9.26. The van der Waals surface area contributed by atoms with Gasteiger partial charge in [-0.2, -0.15) is 4.68 Å². The number of hydrogen-bond acceptors (Lipinski definition) is 5. The van der Waals surface area contributed by atoms with E-state index >= 15 is 0 Å². The second kappa shape index (κ2) is 6.51. The van der Waals surface area contributed by atoms with E-state index in [9.17, 15) is 9.59 Å². The molecule has 3 heterocycles. The third kappa shape index (κ3) is 3.05. The lowest BCUT2D eigenvalue weighted by molar-refractivity contribution is -0.133. The molecule has 1 amide bonds. The molecule has 128 valence electrons. The Morgan fingerprint density at radius 3 is 2.80 bits per heavy atom. The predicted molar refractivity (Wildman–Crippen MR) is 91.9 cm³/mol. The second-order valence-electron chi connectivity index (χ2n) is 6.15. The van der Waals surface area contributed by atoms with Crippen LogP contribution in [-0.4, -0.2) is 38.7 Å². The van der Waals surface area contributed by atoms with E-state index in [1.807, 2.05) is 30.3 Å². The van der Waals surface area contributed by atoms with Gasteiger partial charge in [-0.1, -0.05) is 12.1 Å². The van der Waals surface area contributed by atoms with Gasteiger partial charge in [-0.25, -0.2) is 4.79 Å². The van der Waals surface area contributed by atoms with E-state index in [2.05, 4.69) is 10.1 Å². The number of benzene rings is 1. The fourth-order valence-corrected chi connectivity index (χ4v) is 3.18. The fourth-order valence-electron chi connectivity index (χ4n) is 3.18. The zero-order valence-corrected chi connectivity index (χ0v) is 13.7. The molecule has 1 aliphatic rings. The van der Waals surface area contributed by atoms with E-state index in [1.165, 1.54) is 0 Å². The predicted octanol–water partition coefficient (Wildman–Crippen LogP) is 2.06. The summed E-state index contributed by atoms with van der Waals surface area (Å²) in [5.41, 5.74) is 1.48. The van der Waals surface area contributed by atoms with E-state index < -0.39 is 5.76 Å². The number of carbonyl (C=O) groups excluding carboxylic acids is 1. The van der Waals surface area contributed by atoms with Gasteiger partial charge in [0.25, 0.3) is 0 Å². The van der Waals surface area contributed by atoms with Crippen molar-refractivity contribution in [3.8, 4) is 11.5 Å². The lowest BCUT2D eigenvalue weighted by atomic mass is 10.1. The normalized spacial score (nSPS) is 14.8. The molecule has 1 aliphatic heterocycles. The van der Waals surface area contributed by atoms with Crippen LogP contribution < -0.4 is 5.76 Å². The molecule has 2 aromatic heterocycles. The maximum absolute atomic E-state index is 12.4. The molecule has 0 saturated carbocycles. The highest BCUT2D eigenvalue weighted by atomic mass is 16.4. The number of fused-ring (bicyclic) bond motifs is 1. The highest BCUT2D eigenvalue weighted by molar-refractivity contribution is 5.92.